The Morgan fingerprint density at radius 1 is 1.47 bits per heavy atom. The molecule has 5 nitrogen and oxygen atoms in total. The lowest BCUT2D eigenvalue weighted by Crippen LogP contribution is -2.14. The average molecular weight is 277 g/mol. The highest BCUT2D eigenvalue weighted by Gasteiger charge is 2.10. The molecule has 0 aliphatic heterocycles. The molecule has 0 spiro atoms. The summed E-state index contributed by atoms with van der Waals surface area (Å²) in [6.07, 6.45) is 0.212. The molecule has 1 aromatic heterocycles. The first-order chi connectivity index (χ1) is 9.04. The molecule has 0 aliphatic rings. The summed E-state index contributed by atoms with van der Waals surface area (Å²) in [7, 11) is 0. The van der Waals surface area contributed by atoms with Crippen LogP contribution in [0.3, 0.4) is 0 Å². The van der Waals surface area contributed by atoms with Crippen LogP contribution >= 0.6 is 11.3 Å². The molecule has 0 saturated carbocycles. The van der Waals surface area contributed by atoms with Crippen molar-refractivity contribution in [3.63, 3.8) is 0 Å². The summed E-state index contributed by atoms with van der Waals surface area (Å²) in [6.45, 7) is 1.86. The number of nitrogens with zero attached hydrogens (tertiary/aromatic N) is 1. The third-order valence-electron chi connectivity index (χ3n) is 2.45. The summed E-state index contributed by atoms with van der Waals surface area (Å²) in [6, 6.07) is 6.21. The molecule has 100 valence electrons. The van der Waals surface area contributed by atoms with Gasteiger partial charge < -0.3 is 16.2 Å². The Morgan fingerprint density at radius 3 is 2.74 bits per heavy atom. The lowest BCUT2D eigenvalue weighted by Gasteiger charge is -2.04. The quantitative estimate of drug-likeness (QED) is 0.746. The fourth-order valence-electron chi connectivity index (χ4n) is 1.53. The molecule has 0 bridgehead atoms. The molecule has 1 atom stereocenters. The smallest absolute Gasteiger partial charge is 0.230 e. The minimum atomic E-state index is -0.146. The summed E-state index contributed by atoms with van der Waals surface area (Å²) in [5.74, 6) is 0.0197. The second-order valence-corrected chi connectivity index (χ2v) is 5.13. The molecule has 0 radical (unpaired) electrons. The van der Waals surface area contributed by atoms with E-state index in [4.69, 9.17) is 10.8 Å². The van der Waals surface area contributed by atoms with Gasteiger partial charge in [-0.3, -0.25) is 4.79 Å². The van der Waals surface area contributed by atoms with Crippen LogP contribution in [0.25, 0.3) is 0 Å². The molecule has 1 unspecified atom stereocenters. The Hall–Kier alpha value is -1.92. The largest absolute Gasteiger partial charge is 0.508 e. The van der Waals surface area contributed by atoms with E-state index in [9.17, 15) is 4.79 Å². The zero-order chi connectivity index (χ0) is 13.8. The van der Waals surface area contributed by atoms with Crippen molar-refractivity contribution < 1.29 is 9.90 Å². The Bertz CT molecular complexity index is 564. The van der Waals surface area contributed by atoms with Gasteiger partial charge in [-0.1, -0.05) is 0 Å². The van der Waals surface area contributed by atoms with Gasteiger partial charge in [-0.05, 0) is 31.2 Å². The van der Waals surface area contributed by atoms with Gasteiger partial charge >= 0.3 is 0 Å². The summed E-state index contributed by atoms with van der Waals surface area (Å²) in [4.78, 5) is 16.1. The number of nitrogens with one attached hydrogen (secondary N) is 1. The van der Waals surface area contributed by atoms with Crippen molar-refractivity contribution in [2.45, 2.75) is 19.4 Å². The normalized spacial score (nSPS) is 12.1. The molecule has 2 rings (SSSR count). The van der Waals surface area contributed by atoms with Gasteiger partial charge in [0.25, 0.3) is 0 Å². The van der Waals surface area contributed by atoms with Gasteiger partial charge in [-0.2, -0.15) is 0 Å². The summed E-state index contributed by atoms with van der Waals surface area (Å²) in [5.41, 5.74) is 7.08. The van der Waals surface area contributed by atoms with Crippen molar-refractivity contribution in [1.82, 2.24) is 4.98 Å². The molecule has 1 amide bonds. The van der Waals surface area contributed by atoms with Gasteiger partial charge in [0.05, 0.1) is 18.2 Å². The number of rotatable bonds is 4. The molecular formula is C13H15N3O2S. The number of hydrogen-bond donors (Lipinski definition) is 3. The first-order valence-corrected chi connectivity index (χ1v) is 6.71. The lowest BCUT2D eigenvalue weighted by atomic mass is 10.2. The van der Waals surface area contributed by atoms with Gasteiger partial charge in [0, 0.05) is 11.1 Å². The summed E-state index contributed by atoms with van der Waals surface area (Å²) < 4.78 is 0. The van der Waals surface area contributed by atoms with E-state index in [1.165, 1.54) is 23.5 Å². The van der Waals surface area contributed by atoms with Crippen LogP contribution in [0.15, 0.2) is 29.6 Å². The zero-order valence-electron chi connectivity index (χ0n) is 10.5. The monoisotopic (exact) mass is 277 g/mol. The third-order valence-corrected chi connectivity index (χ3v) is 3.55. The molecule has 0 fully saturated rings. The van der Waals surface area contributed by atoms with Gasteiger partial charge in [-0.25, -0.2) is 4.98 Å². The number of amides is 1. The molecule has 19 heavy (non-hydrogen) atoms. The lowest BCUT2D eigenvalue weighted by molar-refractivity contribution is -0.115. The van der Waals surface area contributed by atoms with Crippen molar-refractivity contribution >= 4 is 22.9 Å². The minimum Gasteiger partial charge on any atom is -0.508 e. The first kappa shape index (κ1) is 13.5. The fraction of sp³-hybridized carbons (Fsp3) is 0.231. The Morgan fingerprint density at radius 2 is 2.16 bits per heavy atom. The number of carbonyl (C=O) groups is 1. The van der Waals surface area contributed by atoms with Crippen molar-refractivity contribution in [2.75, 3.05) is 5.32 Å². The highest BCUT2D eigenvalue weighted by Crippen LogP contribution is 2.17. The van der Waals surface area contributed by atoms with Crippen molar-refractivity contribution in [1.29, 1.82) is 0 Å². The van der Waals surface area contributed by atoms with Gasteiger partial charge in [-0.15, -0.1) is 11.3 Å². The van der Waals surface area contributed by atoms with E-state index in [1.54, 1.807) is 12.1 Å². The molecule has 2 aromatic rings. The van der Waals surface area contributed by atoms with E-state index in [-0.39, 0.29) is 24.1 Å². The number of nitrogens with two attached hydrogens (primary N) is 1. The number of phenols is 1. The van der Waals surface area contributed by atoms with Crippen LogP contribution in [-0.4, -0.2) is 16.0 Å². The minimum absolute atomic E-state index is 0.112. The van der Waals surface area contributed by atoms with Crippen molar-refractivity contribution in [3.8, 4) is 5.75 Å². The predicted octanol–water partition coefficient (Wildman–Crippen LogP) is 2.05. The van der Waals surface area contributed by atoms with E-state index in [0.29, 0.717) is 11.4 Å². The van der Waals surface area contributed by atoms with Gasteiger partial charge in [0.1, 0.15) is 10.8 Å². The number of carbonyl (C=O) groups excluding carboxylic acids is 1. The molecule has 0 saturated heterocycles. The van der Waals surface area contributed by atoms with E-state index in [2.05, 4.69) is 10.3 Å². The molecule has 6 heteroatoms. The maximum absolute atomic E-state index is 11.8. The fourth-order valence-corrected chi connectivity index (χ4v) is 2.30. The van der Waals surface area contributed by atoms with Gasteiger partial charge in [0.2, 0.25) is 5.91 Å². The molecule has 1 aromatic carbocycles. The van der Waals surface area contributed by atoms with E-state index in [0.717, 1.165) is 5.01 Å². The van der Waals surface area contributed by atoms with E-state index in [1.807, 2.05) is 12.3 Å². The number of aromatic hydroxyl groups is 1. The molecule has 1 heterocycles. The topological polar surface area (TPSA) is 88.2 Å². The SMILES string of the molecule is CC(N)c1nc(CC(=O)Nc2ccc(O)cc2)cs1. The van der Waals surface area contributed by atoms with E-state index < -0.39 is 0 Å². The zero-order valence-corrected chi connectivity index (χ0v) is 11.3. The van der Waals surface area contributed by atoms with Crippen LogP contribution < -0.4 is 11.1 Å². The second-order valence-electron chi connectivity index (χ2n) is 4.24. The standard InChI is InChI=1S/C13H15N3O2S/c1-8(14)13-16-10(7-19-13)6-12(18)15-9-2-4-11(17)5-3-9/h2-5,7-8,17H,6,14H2,1H3,(H,15,18). The Kier molecular flexibility index (Phi) is 4.13. The number of phenolic OH excluding ortho intramolecular Hbond substituents is 1. The number of thiazole rings is 1. The Balaban J connectivity index is 1.95. The number of hydrogen-bond acceptors (Lipinski definition) is 5. The van der Waals surface area contributed by atoms with Crippen LogP contribution in [0.2, 0.25) is 0 Å². The van der Waals surface area contributed by atoms with Gasteiger partial charge in [0.15, 0.2) is 0 Å². The van der Waals surface area contributed by atoms with Crippen molar-refractivity contribution in [2.24, 2.45) is 5.73 Å². The maximum atomic E-state index is 11.8. The van der Waals surface area contributed by atoms with Crippen LogP contribution in [0, 0.1) is 0 Å². The number of aromatic nitrogens is 1. The van der Waals surface area contributed by atoms with Crippen LogP contribution in [-0.2, 0) is 11.2 Å². The number of anilines is 1. The number of benzene rings is 1. The van der Waals surface area contributed by atoms with Crippen molar-refractivity contribution in [3.05, 3.63) is 40.3 Å². The average Bonchev–Trinajstić information content (AvgIpc) is 2.80. The third kappa shape index (κ3) is 3.77. The van der Waals surface area contributed by atoms with Crippen LogP contribution in [0.5, 0.6) is 5.75 Å². The first-order valence-electron chi connectivity index (χ1n) is 5.83. The maximum Gasteiger partial charge on any atom is 0.230 e. The molecule has 4 N–H and O–H groups in total. The van der Waals surface area contributed by atoms with Crippen LogP contribution in [0.1, 0.15) is 23.7 Å². The van der Waals surface area contributed by atoms with E-state index >= 15 is 0 Å². The Labute approximate surface area is 115 Å². The molecule has 0 aliphatic carbocycles. The summed E-state index contributed by atoms with van der Waals surface area (Å²) in [5, 5.41) is 14.6. The predicted molar refractivity (Wildman–Crippen MR) is 75.2 cm³/mol. The second kappa shape index (κ2) is 5.81. The highest BCUT2D eigenvalue weighted by molar-refractivity contribution is 7.09. The summed E-state index contributed by atoms with van der Waals surface area (Å²) >= 11 is 1.46. The van der Waals surface area contributed by atoms with Crippen LogP contribution in [0.4, 0.5) is 5.69 Å². The highest BCUT2D eigenvalue weighted by atomic mass is 32.1. The molecular weight excluding hydrogens is 262 g/mol.